The van der Waals surface area contributed by atoms with E-state index in [1.807, 2.05) is 11.8 Å². The maximum absolute atomic E-state index is 8.41. The highest BCUT2D eigenvalue weighted by atomic mass is 15.2. The van der Waals surface area contributed by atoms with Crippen molar-refractivity contribution in [2.75, 3.05) is 19.6 Å². The van der Waals surface area contributed by atoms with Gasteiger partial charge < -0.3 is 10.6 Å². The topological polar surface area (TPSA) is 65.4 Å². The summed E-state index contributed by atoms with van der Waals surface area (Å²) >= 11 is 0. The van der Waals surface area contributed by atoms with Crippen molar-refractivity contribution in [3.63, 3.8) is 0 Å². The SMILES string of the molecule is CCCN=C(N)N(CC)CCC#N. The van der Waals surface area contributed by atoms with E-state index in [1.54, 1.807) is 0 Å². The summed E-state index contributed by atoms with van der Waals surface area (Å²) in [6, 6.07) is 2.09. The molecule has 0 fully saturated rings. The van der Waals surface area contributed by atoms with Gasteiger partial charge in [0, 0.05) is 19.6 Å². The fourth-order valence-electron chi connectivity index (χ4n) is 0.946. The zero-order valence-electron chi connectivity index (χ0n) is 8.45. The Morgan fingerprint density at radius 3 is 2.69 bits per heavy atom. The Morgan fingerprint density at radius 1 is 1.54 bits per heavy atom. The van der Waals surface area contributed by atoms with Gasteiger partial charge in [0.05, 0.1) is 12.5 Å². The van der Waals surface area contributed by atoms with Gasteiger partial charge in [-0.05, 0) is 13.3 Å². The van der Waals surface area contributed by atoms with Crippen molar-refractivity contribution in [3.05, 3.63) is 0 Å². The van der Waals surface area contributed by atoms with Crippen molar-refractivity contribution >= 4 is 5.96 Å². The summed E-state index contributed by atoms with van der Waals surface area (Å²) in [5.74, 6) is 0.555. The van der Waals surface area contributed by atoms with Crippen molar-refractivity contribution in [2.45, 2.75) is 26.7 Å². The number of nitrogens with two attached hydrogens (primary N) is 1. The lowest BCUT2D eigenvalue weighted by molar-refractivity contribution is 0.443. The third kappa shape index (κ3) is 5.07. The van der Waals surface area contributed by atoms with Crippen molar-refractivity contribution in [1.82, 2.24) is 4.90 Å². The largest absolute Gasteiger partial charge is 0.370 e. The predicted molar refractivity (Wildman–Crippen MR) is 54.3 cm³/mol. The molecule has 0 aromatic rings. The summed E-state index contributed by atoms with van der Waals surface area (Å²) in [4.78, 5) is 6.09. The zero-order chi connectivity index (χ0) is 10.1. The molecule has 0 bridgehead atoms. The Hall–Kier alpha value is -1.24. The minimum atomic E-state index is 0.496. The van der Waals surface area contributed by atoms with Crippen LogP contribution in [0.1, 0.15) is 26.7 Å². The van der Waals surface area contributed by atoms with E-state index in [0.717, 1.165) is 19.5 Å². The second kappa shape index (κ2) is 7.41. The van der Waals surface area contributed by atoms with Gasteiger partial charge in [-0.15, -0.1) is 0 Å². The number of aliphatic imine (C=N–C) groups is 1. The van der Waals surface area contributed by atoms with E-state index in [1.165, 1.54) is 0 Å². The number of hydrogen-bond acceptors (Lipinski definition) is 2. The van der Waals surface area contributed by atoms with E-state index in [9.17, 15) is 0 Å². The van der Waals surface area contributed by atoms with E-state index >= 15 is 0 Å². The third-order valence-corrected chi connectivity index (χ3v) is 1.70. The van der Waals surface area contributed by atoms with Crippen LogP contribution in [0.4, 0.5) is 0 Å². The Labute approximate surface area is 80.0 Å². The summed E-state index contributed by atoms with van der Waals surface area (Å²) < 4.78 is 0. The maximum Gasteiger partial charge on any atom is 0.191 e. The van der Waals surface area contributed by atoms with Crippen LogP contribution in [0.5, 0.6) is 0 Å². The molecule has 0 atom stereocenters. The monoisotopic (exact) mass is 182 g/mol. The lowest BCUT2D eigenvalue weighted by Crippen LogP contribution is -2.38. The summed E-state index contributed by atoms with van der Waals surface area (Å²) in [6.45, 7) is 6.30. The van der Waals surface area contributed by atoms with Gasteiger partial charge in [0.25, 0.3) is 0 Å². The molecule has 0 aliphatic carbocycles. The van der Waals surface area contributed by atoms with E-state index in [-0.39, 0.29) is 0 Å². The Kier molecular flexibility index (Phi) is 6.70. The number of hydrogen-bond donors (Lipinski definition) is 1. The molecule has 0 aliphatic rings. The highest BCUT2D eigenvalue weighted by molar-refractivity contribution is 5.78. The Morgan fingerprint density at radius 2 is 2.23 bits per heavy atom. The van der Waals surface area contributed by atoms with Crippen molar-refractivity contribution < 1.29 is 0 Å². The number of guanidine groups is 1. The molecule has 13 heavy (non-hydrogen) atoms. The molecular weight excluding hydrogens is 164 g/mol. The molecule has 0 rings (SSSR count). The van der Waals surface area contributed by atoms with Gasteiger partial charge in [0.15, 0.2) is 5.96 Å². The first kappa shape index (κ1) is 11.8. The predicted octanol–water partition coefficient (Wildman–Crippen LogP) is 0.947. The van der Waals surface area contributed by atoms with Gasteiger partial charge in [0.2, 0.25) is 0 Å². The highest BCUT2D eigenvalue weighted by Crippen LogP contribution is 1.91. The van der Waals surface area contributed by atoms with Gasteiger partial charge in [-0.1, -0.05) is 6.92 Å². The lowest BCUT2D eigenvalue weighted by Gasteiger charge is -2.20. The minimum absolute atomic E-state index is 0.496. The second-order valence-electron chi connectivity index (χ2n) is 2.73. The lowest BCUT2D eigenvalue weighted by atomic mass is 10.4. The molecule has 2 N–H and O–H groups in total. The van der Waals surface area contributed by atoms with Gasteiger partial charge in [0.1, 0.15) is 0 Å². The Balaban J connectivity index is 3.99. The van der Waals surface area contributed by atoms with Gasteiger partial charge in [-0.25, -0.2) is 0 Å². The zero-order valence-corrected chi connectivity index (χ0v) is 8.45. The molecular formula is C9H18N4. The normalized spacial score (nSPS) is 11.0. The average molecular weight is 182 g/mol. The first-order valence-electron chi connectivity index (χ1n) is 4.68. The van der Waals surface area contributed by atoms with E-state index in [4.69, 9.17) is 11.0 Å². The first-order valence-corrected chi connectivity index (χ1v) is 4.68. The van der Waals surface area contributed by atoms with Crippen LogP contribution >= 0.6 is 0 Å². The number of rotatable bonds is 5. The number of nitrogens with zero attached hydrogens (tertiary/aromatic N) is 3. The summed E-state index contributed by atoms with van der Waals surface area (Å²) in [5, 5.41) is 8.41. The molecule has 0 heterocycles. The molecule has 0 radical (unpaired) electrons. The number of nitriles is 1. The fraction of sp³-hybridized carbons (Fsp3) is 0.778. The fourth-order valence-corrected chi connectivity index (χ4v) is 0.946. The molecule has 0 aliphatic heterocycles. The van der Waals surface area contributed by atoms with Crippen LogP contribution in [-0.4, -0.2) is 30.5 Å². The van der Waals surface area contributed by atoms with Crippen LogP contribution in [0.25, 0.3) is 0 Å². The molecule has 4 nitrogen and oxygen atoms in total. The maximum atomic E-state index is 8.41. The molecule has 0 saturated heterocycles. The minimum Gasteiger partial charge on any atom is -0.370 e. The summed E-state index contributed by atoms with van der Waals surface area (Å²) in [6.07, 6.45) is 1.49. The summed E-state index contributed by atoms with van der Waals surface area (Å²) in [7, 11) is 0. The molecule has 0 unspecified atom stereocenters. The van der Waals surface area contributed by atoms with E-state index < -0.39 is 0 Å². The molecule has 0 aromatic heterocycles. The smallest absolute Gasteiger partial charge is 0.191 e. The van der Waals surface area contributed by atoms with Crippen molar-refractivity contribution in [2.24, 2.45) is 10.7 Å². The van der Waals surface area contributed by atoms with Crippen LogP contribution in [0.15, 0.2) is 4.99 Å². The van der Waals surface area contributed by atoms with Gasteiger partial charge in [-0.2, -0.15) is 5.26 Å². The molecule has 0 spiro atoms. The molecule has 74 valence electrons. The van der Waals surface area contributed by atoms with Crippen LogP contribution in [0.2, 0.25) is 0 Å². The van der Waals surface area contributed by atoms with Crippen LogP contribution in [0.3, 0.4) is 0 Å². The quantitative estimate of drug-likeness (QED) is 0.508. The van der Waals surface area contributed by atoms with E-state index in [2.05, 4.69) is 18.0 Å². The molecule has 0 aromatic carbocycles. The first-order chi connectivity index (χ1) is 6.26. The van der Waals surface area contributed by atoms with Crippen LogP contribution < -0.4 is 5.73 Å². The summed E-state index contributed by atoms with van der Waals surface area (Å²) in [5.41, 5.74) is 5.72. The second-order valence-corrected chi connectivity index (χ2v) is 2.73. The molecule has 0 amide bonds. The average Bonchev–Trinajstić information content (AvgIpc) is 2.16. The van der Waals surface area contributed by atoms with Crippen LogP contribution in [0, 0.1) is 11.3 Å². The van der Waals surface area contributed by atoms with Gasteiger partial charge in [-0.3, -0.25) is 4.99 Å². The van der Waals surface area contributed by atoms with Gasteiger partial charge >= 0.3 is 0 Å². The third-order valence-electron chi connectivity index (χ3n) is 1.70. The van der Waals surface area contributed by atoms with Crippen molar-refractivity contribution in [3.8, 4) is 6.07 Å². The highest BCUT2D eigenvalue weighted by Gasteiger charge is 2.03. The van der Waals surface area contributed by atoms with E-state index in [0.29, 0.717) is 18.9 Å². The Bertz CT molecular complexity index is 192. The molecule has 4 heteroatoms. The standard InChI is InChI=1S/C9H18N4/c1-3-7-12-9(11)13(4-2)8-5-6-10/h3-5,7-8H2,1-2H3,(H2,11,12). The van der Waals surface area contributed by atoms with Crippen molar-refractivity contribution in [1.29, 1.82) is 5.26 Å². The molecule has 0 saturated carbocycles. The van der Waals surface area contributed by atoms with Crippen LogP contribution in [-0.2, 0) is 0 Å².